The number of carbonyl (C=O) groups is 1. The maximum atomic E-state index is 12.4. The van der Waals surface area contributed by atoms with Gasteiger partial charge in [0.15, 0.2) is 0 Å². The standard InChI is InChI=1S/C13H18ClNO2S/c1-13(2,8-16)15(3)12(17)10-7-9(18-4)5-6-11(10)14/h5-7,16H,8H2,1-4H3. The third-order valence-corrected chi connectivity index (χ3v) is 4.06. The van der Waals surface area contributed by atoms with Crippen molar-refractivity contribution < 1.29 is 9.90 Å². The molecule has 0 aromatic heterocycles. The number of halogens is 1. The fourth-order valence-corrected chi connectivity index (χ4v) is 2.00. The molecule has 18 heavy (non-hydrogen) atoms. The highest BCUT2D eigenvalue weighted by Gasteiger charge is 2.28. The van der Waals surface area contributed by atoms with E-state index >= 15 is 0 Å². The van der Waals surface area contributed by atoms with Gasteiger partial charge in [-0.1, -0.05) is 11.6 Å². The van der Waals surface area contributed by atoms with Gasteiger partial charge in [-0.15, -0.1) is 11.8 Å². The van der Waals surface area contributed by atoms with E-state index in [4.69, 9.17) is 11.6 Å². The average Bonchev–Trinajstić information content (AvgIpc) is 2.37. The summed E-state index contributed by atoms with van der Waals surface area (Å²) < 4.78 is 0. The van der Waals surface area contributed by atoms with Crippen LogP contribution < -0.4 is 0 Å². The molecule has 0 aliphatic heterocycles. The van der Waals surface area contributed by atoms with Crippen LogP contribution in [0.3, 0.4) is 0 Å². The molecule has 0 saturated carbocycles. The fourth-order valence-electron chi connectivity index (χ4n) is 1.36. The van der Waals surface area contributed by atoms with Gasteiger partial charge >= 0.3 is 0 Å². The summed E-state index contributed by atoms with van der Waals surface area (Å²) in [7, 11) is 1.67. The molecule has 0 aliphatic carbocycles. The number of hydrogen-bond donors (Lipinski definition) is 1. The summed E-state index contributed by atoms with van der Waals surface area (Å²) in [6.07, 6.45) is 1.94. The van der Waals surface area contributed by atoms with E-state index in [1.54, 1.807) is 44.8 Å². The van der Waals surface area contributed by atoms with E-state index < -0.39 is 5.54 Å². The van der Waals surface area contributed by atoms with Crippen LogP contribution in [0.5, 0.6) is 0 Å². The number of thioether (sulfide) groups is 1. The lowest BCUT2D eigenvalue weighted by atomic mass is 10.0. The Bertz CT molecular complexity index is 449. The van der Waals surface area contributed by atoms with Gasteiger partial charge in [0.2, 0.25) is 0 Å². The van der Waals surface area contributed by atoms with E-state index in [0.717, 1.165) is 4.90 Å². The zero-order valence-electron chi connectivity index (χ0n) is 11.0. The zero-order valence-corrected chi connectivity index (χ0v) is 12.6. The van der Waals surface area contributed by atoms with Crippen LogP contribution in [0.1, 0.15) is 24.2 Å². The molecule has 0 radical (unpaired) electrons. The van der Waals surface area contributed by atoms with Crippen LogP contribution in [0.25, 0.3) is 0 Å². The van der Waals surface area contributed by atoms with E-state index in [9.17, 15) is 9.90 Å². The van der Waals surface area contributed by atoms with Gasteiger partial charge in [0.05, 0.1) is 22.7 Å². The number of nitrogens with zero attached hydrogens (tertiary/aromatic N) is 1. The van der Waals surface area contributed by atoms with Crippen molar-refractivity contribution in [1.82, 2.24) is 4.90 Å². The first kappa shape index (κ1) is 15.3. The lowest BCUT2D eigenvalue weighted by Crippen LogP contribution is -2.47. The first-order valence-corrected chi connectivity index (χ1v) is 7.16. The normalized spacial score (nSPS) is 11.4. The molecule has 0 unspecified atom stereocenters. The van der Waals surface area contributed by atoms with Crippen molar-refractivity contribution in [2.24, 2.45) is 0 Å². The highest BCUT2D eigenvalue weighted by atomic mass is 35.5. The Labute approximate surface area is 117 Å². The second-order valence-electron chi connectivity index (χ2n) is 4.68. The third kappa shape index (κ3) is 3.19. The van der Waals surface area contributed by atoms with Gasteiger partial charge in [-0.2, -0.15) is 0 Å². The maximum absolute atomic E-state index is 12.4. The molecule has 1 aromatic carbocycles. The Balaban J connectivity index is 3.11. The Morgan fingerprint density at radius 2 is 2.11 bits per heavy atom. The minimum atomic E-state index is -0.615. The van der Waals surface area contributed by atoms with Gasteiger partial charge in [0, 0.05) is 11.9 Å². The van der Waals surface area contributed by atoms with E-state index in [0.29, 0.717) is 10.6 Å². The molecule has 0 heterocycles. The monoisotopic (exact) mass is 287 g/mol. The smallest absolute Gasteiger partial charge is 0.255 e. The van der Waals surface area contributed by atoms with Crippen LogP contribution in [-0.2, 0) is 0 Å². The summed E-state index contributed by atoms with van der Waals surface area (Å²) in [4.78, 5) is 14.9. The summed E-state index contributed by atoms with van der Waals surface area (Å²) in [5.41, 5.74) is -0.150. The van der Waals surface area contributed by atoms with Gasteiger partial charge in [-0.3, -0.25) is 4.79 Å². The topological polar surface area (TPSA) is 40.5 Å². The van der Waals surface area contributed by atoms with Crippen LogP contribution in [0, 0.1) is 0 Å². The largest absolute Gasteiger partial charge is 0.394 e. The van der Waals surface area contributed by atoms with E-state index in [1.165, 1.54) is 4.90 Å². The second kappa shape index (κ2) is 5.95. The number of amides is 1. The second-order valence-corrected chi connectivity index (χ2v) is 5.97. The SMILES string of the molecule is CSc1ccc(Cl)c(C(=O)N(C)C(C)(C)CO)c1. The van der Waals surface area contributed by atoms with Crippen molar-refractivity contribution in [2.75, 3.05) is 19.9 Å². The Morgan fingerprint density at radius 1 is 1.50 bits per heavy atom. The molecule has 100 valence electrons. The molecule has 1 amide bonds. The molecule has 5 heteroatoms. The first-order valence-electron chi connectivity index (χ1n) is 5.56. The van der Waals surface area contributed by atoms with Crippen molar-refractivity contribution in [3.05, 3.63) is 28.8 Å². The number of aliphatic hydroxyl groups is 1. The minimum absolute atomic E-state index is 0.102. The third-order valence-electron chi connectivity index (χ3n) is 3.00. The van der Waals surface area contributed by atoms with Crippen LogP contribution in [0.2, 0.25) is 5.02 Å². The molecule has 0 saturated heterocycles. The minimum Gasteiger partial charge on any atom is -0.394 e. The molecule has 0 aliphatic rings. The zero-order chi connectivity index (χ0) is 13.9. The lowest BCUT2D eigenvalue weighted by Gasteiger charge is -2.34. The molecule has 0 bridgehead atoms. The van der Waals surface area contributed by atoms with E-state index in [-0.39, 0.29) is 12.5 Å². The molecular weight excluding hydrogens is 270 g/mol. The molecule has 3 nitrogen and oxygen atoms in total. The van der Waals surface area contributed by atoms with Gasteiger partial charge in [0.25, 0.3) is 5.91 Å². The number of aliphatic hydroxyl groups excluding tert-OH is 1. The summed E-state index contributed by atoms with van der Waals surface area (Å²) in [5.74, 6) is -0.185. The van der Waals surface area contributed by atoms with Crippen molar-refractivity contribution in [2.45, 2.75) is 24.3 Å². The molecule has 1 N–H and O–H groups in total. The summed E-state index contributed by atoms with van der Waals surface area (Å²) in [6, 6.07) is 5.38. The van der Waals surface area contributed by atoms with Crippen molar-refractivity contribution in [3.8, 4) is 0 Å². The average molecular weight is 288 g/mol. The first-order chi connectivity index (χ1) is 8.33. The lowest BCUT2D eigenvalue weighted by molar-refractivity contribution is 0.0473. The Morgan fingerprint density at radius 3 is 2.61 bits per heavy atom. The highest BCUT2D eigenvalue weighted by molar-refractivity contribution is 7.98. The molecule has 0 spiro atoms. The van der Waals surface area contributed by atoms with Crippen LogP contribution in [-0.4, -0.2) is 41.4 Å². The number of carbonyl (C=O) groups excluding carboxylic acids is 1. The summed E-state index contributed by atoms with van der Waals surface area (Å²) >= 11 is 7.62. The Kier molecular flexibility index (Phi) is 5.08. The van der Waals surface area contributed by atoms with Gasteiger partial charge in [-0.25, -0.2) is 0 Å². The van der Waals surface area contributed by atoms with Gasteiger partial charge in [0.1, 0.15) is 0 Å². The quantitative estimate of drug-likeness (QED) is 0.866. The van der Waals surface area contributed by atoms with Crippen LogP contribution in [0.15, 0.2) is 23.1 Å². The predicted molar refractivity (Wildman–Crippen MR) is 76.5 cm³/mol. The van der Waals surface area contributed by atoms with Crippen LogP contribution in [0.4, 0.5) is 0 Å². The fraction of sp³-hybridized carbons (Fsp3) is 0.462. The van der Waals surface area contributed by atoms with Gasteiger partial charge < -0.3 is 10.0 Å². The molecule has 0 fully saturated rings. The molecule has 1 rings (SSSR count). The Hall–Kier alpha value is -0.710. The summed E-state index contributed by atoms with van der Waals surface area (Å²) in [6.45, 7) is 3.50. The van der Waals surface area contributed by atoms with E-state index in [1.807, 2.05) is 12.3 Å². The molecule has 1 aromatic rings. The summed E-state index contributed by atoms with van der Waals surface area (Å²) in [5, 5.41) is 9.73. The van der Waals surface area contributed by atoms with Crippen molar-refractivity contribution in [1.29, 1.82) is 0 Å². The number of rotatable bonds is 4. The van der Waals surface area contributed by atoms with Crippen LogP contribution >= 0.6 is 23.4 Å². The number of hydrogen-bond acceptors (Lipinski definition) is 3. The molecule has 0 atom stereocenters. The van der Waals surface area contributed by atoms with E-state index in [2.05, 4.69) is 0 Å². The van der Waals surface area contributed by atoms with Gasteiger partial charge in [-0.05, 0) is 38.3 Å². The number of likely N-dealkylation sites (N-methyl/N-ethyl adjacent to an activating group) is 1. The predicted octanol–water partition coefficient (Wildman–Crippen LogP) is 2.90. The van der Waals surface area contributed by atoms with Crippen molar-refractivity contribution >= 4 is 29.3 Å². The highest BCUT2D eigenvalue weighted by Crippen LogP contribution is 2.25. The number of benzene rings is 1. The maximum Gasteiger partial charge on any atom is 0.255 e. The molecular formula is C13H18ClNO2S. The van der Waals surface area contributed by atoms with Crippen molar-refractivity contribution in [3.63, 3.8) is 0 Å².